The second-order valence-electron chi connectivity index (χ2n) is 6.79. The average molecular weight is 371 g/mol. The van der Waals surface area contributed by atoms with Crippen molar-refractivity contribution in [2.24, 2.45) is 5.92 Å². The molecule has 0 aliphatic carbocycles. The van der Waals surface area contributed by atoms with Crippen LogP contribution >= 0.6 is 0 Å². The molecule has 1 saturated heterocycles. The molecule has 5 nitrogen and oxygen atoms in total. The fourth-order valence-corrected chi connectivity index (χ4v) is 3.86. The average Bonchev–Trinajstić information content (AvgIpc) is 2.61. The molecule has 0 amide bonds. The quantitative estimate of drug-likeness (QED) is 0.614. The Morgan fingerprint density at radius 3 is 2.56 bits per heavy atom. The first-order chi connectivity index (χ1) is 11.9. The van der Waals surface area contributed by atoms with E-state index in [0.29, 0.717) is 0 Å². The van der Waals surface area contributed by atoms with Crippen molar-refractivity contribution in [1.82, 2.24) is 0 Å². The third-order valence-corrected chi connectivity index (χ3v) is 5.76. The third kappa shape index (κ3) is 6.37. The molecule has 1 aliphatic rings. The number of hydrogen-bond acceptors (Lipinski definition) is 5. The third-order valence-electron chi connectivity index (χ3n) is 4.47. The first-order valence-electron chi connectivity index (χ1n) is 9.15. The predicted molar refractivity (Wildman–Crippen MR) is 96.9 cm³/mol. The van der Waals surface area contributed by atoms with Crippen molar-refractivity contribution >= 4 is 10.1 Å². The molecule has 25 heavy (non-hydrogen) atoms. The zero-order valence-electron chi connectivity index (χ0n) is 15.4. The lowest BCUT2D eigenvalue weighted by Crippen LogP contribution is -2.33. The highest BCUT2D eigenvalue weighted by molar-refractivity contribution is 7.86. The molecular weight excluding hydrogens is 340 g/mol. The van der Waals surface area contributed by atoms with Gasteiger partial charge in [0, 0.05) is 12.5 Å². The fraction of sp³-hybridized carbons (Fsp3) is 0.684. The van der Waals surface area contributed by atoms with Gasteiger partial charge in [0.2, 0.25) is 0 Å². The molecule has 0 N–H and O–H groups in total. The van der Waals surface area contributed by atoms with E-state index in [2.05, 4.69) is 6.92 Å². The molecular formula is C19H30O5S. The van der Waals surface area contributed by atoms with Crippen LogP contribution in [0.25, 0.3) is 0 Å². The van der Waals surface area contributed by atoms with Crippen molar-refractivity contribution in [2.75, 3.05) is 13.2 Å². The van der Waals surface area contributed by atoms with Crippen LogP contribution in [0.4, 0.5) is 0 Å². The highest BCUT2D eigenvalue weighted by Gasteiger charge is 2.26. The Labute approximate surface area is 151 Å². The maximum absolute atomic E-state index is 12.3. The molecule has 1 unspecified atom stereocenters. The second kappa shape index (κ2) is 9.67. The van der Waals surface area contributed by atoms with Gasteiger partial charge < -0.3 is 9.47 Å². The summed E-state index contributed by atoms with van der Waals surface area (Å²) >= 11 is 0. The summed E-state index contributed by atoms with van der Waals surface area (Å²) in [6.45, 7) is 6.81. The van der Waals surface area contributed by atoms with Crippen LogP contribution in [0.3, 0.4) is 0 Å². The Balaban J connectivity index is 1.92. The number of rotatable bonds is 9. The van der Waals surface area contributed by atoms with E-state index in [1.807, 2.05) is 13.8 Å². The van der Waals surface area contributed by atoms with Crippen molar-refractivity contribution in [3.8, 4) is 0 Å². The molecule has 3 atom stereocenters. The van der Waals surface area contributed by atoms with Gasteiger partial charge in [-0.05, 0) is 44.7 Å². The van der Waals surface area contributed by atoms with Crippen molar-refractivity contribution in [1.29, 1.82) is 0 Å². The lowest BCUT2D eigenvalue weighted by molar-refractivity contribution is -0.200. The van der Waals surface area contributed by atoms with Crippen LogP contribution in [-0.4, -0.2) is 34.0 Å². The Hall–Kier alpha value is -0.950. The molecule has 0 aromatic heterocycles. The van der Waals surface area contributed by atoms with E-state index in [0.717, 1.165) is 44.3 Å². The summed E-state index contributed by atoms with van der Waals surface area (Å²) in [4.78, 5) is 0.189. The van der Waals surface area contributed by atoms with Gasteiger partial charge in [0.1, 0.15) is 0 Å². The van der Waals surface area contributed by atoms with Crippen molar-refractivity contribution in [3.05, 3.63) is 29.8 Å². The van der Waals surface area contributed by atoms with E-state index < -0.39 is 10.1 Å². The molecule has 0 spiro atoms. The standard InChI is InChI=1S/C19H30O5S/c1-4-7-18(24-19-8-5-6-13-22-19)16(3)14-23-25(20,21)17-11-9-15(2)10-12-17/h9-12,16,18-19H,4-8,13-14H2,1-3H3/t16-,18-,19?/m0/s1. The summed E-state index contributed by atoms with van der Waals surface area (Å²) in [5.74, 6) is -0.0364. The van der Waals surface area contributed by atoms with Gasteiger partial charge in [0.15, 0.2) is 6.29 Å². The zero-order chi connectivity index (χ0) is 18.3. The predicted octanol–water partition coefficient (Wildman–Crippen LogP) is 4.05. The van der Waals surface area contributed by atoms with Crippen LogP contribution in [0.5, 0.6) is 0 Å². The number of hydrogen-bond donors (Lipinski definition) is 0. The summed E-state index contributed by atoms with van der Waals surface area (Å²) < 4.78 is 41.7. The van der Waals surface area contributed by atoms with Crippen LogP contribution in [-0.2, 0) is 23.8 Å². The van der Waals surface area contributed by atoms with Crippen LogP contribution in [0.2, 0.25) is 0 Å². The maximum atomic E-state index is 12.3. The molecule has 142 valence electrons. The molecule has 1 aromatic carbocycles. The van der Waals surface area contributed by atoms with Gasteiger partial charge in [-0.15, -0.1) is 0 Å². The topological polar surface area (TPSA) is 61.8 Å². The van der Waals surface area contributed by atoms with Gasteiger partial charge in [-0.3, -0.25) is 4.18 Å². The molecule has 6 heteroatoms. The Bertz CT molecular complexity index is 605. The molecule has 1 heterocycles. The van der Waals surface area contributed by atoms with E-state index >= 15 is 0 Å². The molecule has 0 saturated carbocycles. The lowest BCUT2D eigenvalue weighted by atomic mass is 10.0. The van der Waals surface area contributed by atoms with E-state index in [4.69, 9.17) is 13.7 Å². The summed E-state index contributed by atoms with van der Waals surface area (Å²) in [5, 5.41) is 0. The van der Waals surface area contributed by atoms with Gasteiger partial charge in [0.25, 0.3) is 10.1 Å². The largest absolute Gasteiger partial charge is 0.353 e. The van der Waals surface area contributed by atoms with Gasteiger partial charge in [0.05, 0.1) is 17.6 Å². The zero-order valence-corrected chi connectivity index (χ0v) is 16.3. The van der Waals surface area contributed by atoms with Gasteiger partial charge in [-0.1, -0.05) is 38.0 Å². The van der Waals surface area contributed by atoms with Crippen LogP contribution < -0.4 is 0 Å². The van der Waals surface area contributed by atoms with Gasteiger partial charge in [-0.25, -0.2) is 0 Å². The van der Waals surface area contributed by atoms with E-state index in [-0.39, 0.29) is 29.8 Å². The van der Waals surface area contributed by atoms with E-state index in [9.17, 15) is 8.42 Å². The van der Waals surface area contributed by atoms with Crippen LogP contribution in [0.1, 0.15) is 51.5 Å². The minimum Gasteiger partial charge on any atom is -0.353 e. The normalized spacial score (nSPS) is 21.0. The molecule has 2 rings (SSSR count). The highest BCUT2D eigenvalue weighted by atomic mass is 32.2. The fourth-order valence-electron chi connectivity index (χ4n) is 2.86. The SMILES string of the molecule is CCC[C@H](OC1CCCCO1)[C@@H](C)COS(=O)(=O)c1ccc(C)cc1. The summed E-state index contributed by atoms with van der Waals surface area (Å²) in [5.41, 5.74) is 1.01. The van der Waals surface area contributed by atoms with E-state index in [1.165, 1.54) is 0 Å². The molecule has 1 aromatic rings. The lowest BCUT2D eigenvalue weighted by Gasteiger charge is -2.30. The van der Waals surface area contributed by atoms with Crippen molar-refractivity contribution < 1.29 is 22.1 Å². The minimum absolute atomic E-state index is 0.0364. The van der Waals surface area contributed by atoms with Crippen LogP contribution in [0, 0.1) is 12.8 Å². The monoisotopic (exact) mass is 370 g/mol. The summed E-state index contributed by atoms with van der Waals surface area (Å²) in [6.07, 6.45) is 4.65. The van der Waals surface area contributed by atoms with Gasteiger partial charge >= 0.3 is 0 Å². The smallest absolute Gasteiger partial charge is 0.296 e. The summed E-state index contributed by atoms with van der Waals surface area (Å²) in [7, 11) is -3.74. The van der Waals surface area contributed by atoms with Crippen molar-refractivity contribution in [3.63, 3.8) is 0 Å². The first kappa shape index (κ1) is 20.4. The Morgan fingerprint density at radius 2 is 1.96 bits per heavy atom. The highest BCUT2D eigenvalue weighted by Crippen LogP contribution is 2.23. The molecule has 0 radical (unpaired) electrons. The van der Waals surface area contributed by atoms with Crippen LogP contribution in [0.15, 0.2) is 29.2 Å². The van der Waals surface area contributed by atoms with Crippen molar-refractivity contribution in [2.45, 2.75) is 70.2 Å². The Kier molecular flexibility index (Phi) is 7.87. The molecule has 0 bridgehead atoms. The van der Waals surface area contributed by atoms with E-state index in [1.54, 1.807) is 24.3 Å². The van der Waals surface area contributed by atoms with Gasteiger partial charge in [-0.2, -0.15) is 8.42 Å². The Morgan fingerprint density at radius 1 is 1.24 bits per heavy atom. The second-order valence-corrected chi connectivity index (χ2v) is 8.40. The number of ether oxygens (including phenoxy) is 2. The molecule has 1 fully saturated rings. The summed E-state index contributed by atoms with van der Waals surface area (Å²) in [6, 6.07) is 6.68. The molecule has 1 aliphatic heterocycles. The number of benzene rings is 1. The maximum Gasteiger partial charge on any atom is 0.296 e. The first-order valence-corrected chi connectivity index (χ1v) is 10.6. The number of aryl methyl sites for hydroxylation is 1. The minimum atomic E-state index is -3.74.